The van der Waals surface area contributed by atoms with Gasteiger partial charge in [0.1, 0.15) is 11.4 Å². The van der Waals surface area contributed by atoms with Gasteiger partial charge in [0.2, 0.25) is 0 Å². The summed E-state index contributed by atoms with van der Waals surface area (Å²) < 4.78 is 9.06. The van der Waals surface area contributed by atoms with Gasteiger partial charge in [0.15, 0.2) is 6.10 Å². The van der Waals surface area contributed by atoms with Crippen molar-refractivity contribution >= 4 is 23.2 Å². The lowest BCUT2D eigenvalue weighted by Gasteiger charge is -2.17. The number of para-hydroxylation sites is 1. The molecule has 0 saturated carbocycles. The Labute approximate surface area is 215 Å². The van der Waals surface area contributed by atoms with Crippen LogP contribution in [0.15, 0.2) is 77.6 Å². The maximum absolute atomic E-state index is 13.1. The second-order valence-electron chi connectivity index (χ2n) is 8.92. The number of anilines is 2. The summed E-state index contributed by atoms with van der Waals surface area (Å²) in [4.78, 5) is 38.9. The van der Waals surface area contributed by atoms with Gasteiger partial charge in [0, 0.05) is 18.3 Å². The van der Waals surface area contributed by atoms with Gasteiger partial charge < -0.3 is 15.4 Å². The molecule has 0 fully saturated rings. The first kappa shape index (κ1) is 25.5. The lowest BCUT2D eigenvalue weighted by molar-refractivity contribution is -0.122. The van der Waals surface area contributed by atoms with E-state index >= 15 is 0 Å². The summed E-state index contributed by atoms with van der Waals surface area (Å²) in [6, 6.07) is 21.4. The third-order valence-electron chi connectivity index (χ3n) is 6.41. The Morgan fingerprint density at radius 3 is 2.32 bits per heavy atom. The summed E-state index contributed by atoms with van der Waals surface area (Å²) in [5.41, 5.74) is 3.97. The normalized spacial score (nSPS) is 11.6. The van der Waals surface area contributed by atoms with Gasteiger partial charge >= 0.3 is 0 Å². The third-order valence-corrected chi connectivity index (χ3v) is 6.41. The van der Waals surface area contributed by atoms with Crippen molar-refractivity contribution < 1.29 is 14.3 Å². The van der Waals surface area contributed by atoms with Crippen LogP contribution in [0.2, 0.25) is 0 Å². The molecule has 0 spiro atoms. The van der Waals surface area contributed by atoms with Crippen LogP contribution in [0.5, 0.6) is 5.75 Å². The maximum Gasteiger partial charge on any atom is 0.295 e. The summed E-state index contributed by atoms with van der Waals surface area (Å²) in [7, 11) is 1.76. The molecule has 3 aromatic carbocycles. The SMILES string of the molecule is Cc1cccc(OC(C)C(=O)Nc2cccc(C(=O)Nc3c(C)n(C)n(-c4ccccc4)c3=O)c2)c1C. The van der Waals surface area contributed by atoms with E-state index < -0.39 is 12.0 Å². The summed E-state index contributed by atoms with van der Waals surface area (Å²) in [5.74, 6) is -0.153. The molecule has 190 valence electrons. The highest BCUT2D eigenvalue weighted by molar-refractivity contribution is 6.05. The average Bonchev–Trinajstić information content (AvgIpc) is 3.10. The van der Waals surface area contributed by atoms with Crippen LogP contribution in [0.1, 0.15) is 34.1 Å². The largest absolute Gasteiger partial charge is 0.481 e. The molecule has 0 aliphatic rings. The minimum Gasteiger partial charge on any atom is -0.481 e. The van der Waals surface area contributed by atoms with Crippen molar-refractivity contribution in [1.29, 1.82) is 0 Å². The Morgan fingerprint density at radius 2 is 1.59 bits per heavy atom. The number of hydrogen-bond acceptors (Lipinski definition) is 4. The predicted octanol–water partition coefficient (Wildman–Crippen LogP) is 4.76. The second kappa shape index (κ2) is 10.6. The molecule has 0 saturated heterocycles. The number of aryl methyl sites for hydroxylation is 1. The first-order valence-corrected chi connectivity index (χ1v) is 12.0. The fourth-order valence-electron chi connectivity index (χ4n) is 3.98. The van der Waals surface area contributed by atoms with E-state index in [2.05, 4.69) is 10.6 Å². The van der Waals surface area contributed by atoms with Crippen LogP contribution in [0.3, 0.4) is 0 Å². The zero-order valence-corrected chi connectivity index (χ0v) is 21.5. The predicted molar refractivity (Wildman–Crippen MR) is 145 cm³/mol. The minimum atomic E-state index is -0.749. The first-order chi connectivity index (χ1) is 17.7. The summed E-state index contributed by atoms with van der Waals surface area (Å²) >= 11 is 0. The zero-order valence-electron chi connectivity index (χ0n) is 21.5. The number of carbonyl (C=O) groups is 2. The highest BCUT2D eigenvalue weighted by Gasteiger charge is 2.20. The van der Waals surface area contributed by atoms with Crippen molar-refractivity contribution in [2.75, 3.05) is 10.6 Å². The van der Waals surface area contributed by atoms with Crippen LogP contribution in [-0.4, -0.2) is 27.3 Å². The standard InChI is InChI=1S/C29H30N4O4/c1-18-11-9-16-25(19(18)2)37-21(4)27(34)30-23-13-10-12-22(17-23)28(35)31-26-20(3)32(5)33(29(26)36)24-14-7-6-8-15-24/h6-17,21H,1-5H3,(H,30,34)(H,31,35). The molecular formula is C29H30N4O4. The van der Waals surface area contributed by atoms with Crippen molar-refractivity contribution in [3.8, 4) is 11.4 Å². The highest BCUT2D eigenvalue weighted by atomic mass is 16.5. The smallest absolute Gasteiger partial charge is 0.295 e. The molecule has 1 aromatic heterocycles. The molecule has 4 rings (SSSR count). The van der Waals surface area contributed by atoms with E-state index in [0.717, 1.165) is 11.1 Å². The van der Waals surface area contributed by atoms with Crippen molar-refractivity contribution in [1.82, 2.24) is 9.36 Å². The molecule has 1 heterocycles. The summed E-state index contributed by atoms with van der Waals surface area (Å²) in [6.45, 7) is 7.37. The van der Waals surface area contributed by atoms with E-state index in [-0.39, 0.29) is 17.2 Å². The lowest BCUT2D eigenvalue weighted by atomic mass is 10.1. The fourth-order valence-corrected chi connectivity index (χ4v) is 3.98. The number of hydrogen-bond donors (Lipinski definition) is 2. The molecular weight excluding hydrogens is 468 g/mol. The quantitative estimate of drug-likeness (QED) is 0.384. The Balaban J connectivity index is 1.49. The van der Waals surface area contributed by atoms with Crippen LogP contribution in [0.25, 0.3) is 5.69 Å². The van der Waals surface area contributed by atoms with Gasteiger partial charge in [-0.1, -0.05) is 36.4 Å². The first-order valence-electron chi connectivity index (χ1n) is 12.0. The number of carbonyl (C=O) groups excluding carboxylic acids is 2. The van der Waals surface area contributed by atoms with Gasteiger partial charge in [0.05, 0.1) is 11.4 Å². The molecule has 8 heteroatoms. The van der Waals surface area contributed by atoms with Gasteiger partial charge in [0.25, 0.3) is 17.4 Å². The molecule has 1 atom stereocenters. The van der Waals surface area contributed by atoms with Crippen molar-refractivity contribution in [2.24, 2.45) is 7.05 Å². The molecule has 0 aliphatic carbocycles. The van der Waals surface area contributed by atoms with Gasteiger partial charge in [-0.05, 0) is 75.2 Å². The Hall–Kier alpha value is -4.59. The lowest BCUT2D eigenvalue weighted by Crippen LogP contribution is -2.30. The Kier molecular flexibility index (Phi) is 7.29. The Morgan fingerprint density at radius 1 is 0.892 bits per heavy atom. The van der Waals surface area contributed by atoms with Crippen molar-refractivity contribution in [3.05, 3.63) is 106 Å². The highest BCUT2D eigenvalue weighted by Crippen LogP contribution is 2.22. The average molecular weight is 499 g/mol. The van der Waals surface area contributed by atoms with E-state index in [0.29, 0.717) is 28.4 Å². The van der Waals surface area contributed by atoms with Crippen LogP contribution in [-0.2, 0) is 11.8 Å². The van der Waals surface area contributed by atoms with E-state index in [1.165, 1.54) is 4.68 Å². The monoisotopic (exact) mass is 498 g/mol. The molecule has 0 radical (unpaired) electrons. The van der Waals surface area contributed by atoms with Crippen LogP contribution < -0.4 is 20.9 Å². The minimum absolute atomic E-state index is 0.196. The second-order valence-corrected chi connectivity index (χ2v) is 8.92. The summed E-state index contributed by atoms with van der Waals surface area (Å²) in [6.07, 6.45) is -0.749. The van der Waals surface area contributed by atoms with E-state index in [1.807, 2.05) is 62.4 Å². The fraction of sp³-hybridized carbons (Fsp3) is 0.207. The number of benzene rings is 3. The number of amides is 2. The van der Waals surface area contributed by atoms with Crippen LogP contribution >= 0.6 is 0 Å². The number of aromatic nitrogens is 2. The molecule has 0 aliphatic heterocycles. The maximum atomic E-state index is 13.1. The third kappa shape index (κ3) is 5.33. The van der Waals surface area contributed by atoms with Gasteiger partial charge in [-0.15, -0.1) is 0 Å². The van der Waals surface area contributed by atoms with Crippen LogP contribution in [0.4, 0.5) is 11.4 Å². The molecule has 1 unspecified atom stereocenters. The van der Waals surface area contributed by atoms with Crippen molar-refractivity contribution in [2.45, 2.75) is 33.8 Å². The van der Waals surface area contributed by atoms with E-state index in [1.54, 1.807) is 49.8 Å². The Bertz CT molecular complexity index is 1520. The number of nitrogens with zero attached hydrogens (tertiary/aromatic N) is 2. The van der Waals surface area contributed by atoms with Gasteiger partial charge in [-0.2, -0.15) is 0 Å². The zero-order chi connectivity index (χ0) is 26.7. The van der Waals surface area contributed by atoms with Gasteiger partial charge in [-0.3, -0.25) is 19.1 Å². The molecule has 0 bridgehead atoms. The van der Waals surface area contributed by atoms with Crippen LogP contribution in [0, 0.1) is 20.8 Å². The number of rotatable bonds is 7. The topological polar surface area (TPSA) is 94.4 Å². The molecule has 8 nitrogen and oxygen atoms in total. The van der Waals surface area contributed by atoms with Gasteiger partial charge in [-0.25, -0.2) is 4.68 Å². The molecule has 2 amide bonds. The molecule has 2 N–H and O–H groups in total. The number of nitrogens with one attached hydrogen (secondary N) is 2. The summed E-state index contributed by atoms with van der Waals surface area (Å²) in [5, 5.41) is 5.54. The van der Waals surface area contributed by atoms with Crippen molar-refractivity contribution in [3.63, 3.8) is 0 Å². The molecule has 37 heavy (non-hydrogen) atoms. The van der Waals surface area contributed by atoms with E-state index in [4.69, 9.17) is 4.74 Å². The van der Waals surface area contributed by atoms with E-state index in [9.17, 15) is 14.4 Å². The molecule has 4 aromatic rings. The number of ether oxygens (including phenoxy) is 1.